The van der Waals surface area contributed by atoms with Crippen molar-refractivity contribution >= 4 is 33.2 Å². The van der Waals surface area contributed by atoms with Crippen LogP contribution in [0, 0.1) is 0 Å². The smallest absolute Gasteiger partial charge is 0.257 e. The monoisotopic (exact) mass is 337 g/mol. The van der Waals surface area contributed by atoms with Gasteiger partial charge in [0.05, 0.1) is 0 Å². The van der Waals surface area contributed by atoms with Crippen molar-refractivity contribution in [1.29, 1.82) is 0 Å². The fourth-order valence-corrected chi connectivity index (χ4v) is 3.37. The summed E-state index contributed by atoms with van der Waals surface area (Å²) in [7, 11) is -0.928. The second-order valence-corrected chi connectivity index (χ2v) is 7.47. The van der Waals surface area contributed by atoms with Crippen LogP contribution in [0.2, 0.25) is 0 Å². The van der Waals surface area contributed by atoms with Gasteiger partial charge in [-0.25, -0.2) is 0 Å². The van der Waals surface area contributed by atoms with Crippen LogP contribution in [0.5, 0.6) is 0 Å². The Morgan fingerprint density at radius 1 is 1.36 bits per heavy atom. The largest absolute Gasteiger partial charge is 0.296 e. The number of benzene rings is 1. The Morgan fingerprint density at radius 2 is 2.18 bits per heavy atom. The standard InChI is InChI=1S/C15H19N3O2S2/c1-3-4-8-13-17-18-15(21-13)16-14(19)12-7-5-6-11(9-12)10-22(2)20/h5-7,9H,3-4,8,10H2,1-2H3,(H,16,18,19). The summed E-state index contributed by atoms with van der Waals surface area (Å²) in [5.41, 5.74) is 1.42. The molecule has 1 N–H and O–H groups in total. The minimum Gasteiger partial charge on any atom is -0.296 e. The number of hydrogen-bond acceptors (Lipinski definition) is 5. The van der Waals surface area contributed by atoms with Gasteiger partial charge in [0.1, 0.15) is 5.01 Å². The molecule has 118 valence electrons. The van der Waals surface area contributed by atoms with E-state index >= 15 is 0 Å². The molecule has 1 aromatic carbocycles. The van der Waals surface area contributed by atoms with Crippen LogP contribution >= 0.6 is 11.3 Å². The summed E-state index contributed by atoms with van der Waals surface area (Å²) in [4.78, 5) is 12.2. The zero-order valence-electron chi connectivity index (χ0n) is 12.7. The number of aromatic nitrogens is 2. The lowest BCUT2D eigenvalue weighted by Crippen LogP contribution is -2.12. The molecule has 2 rings (SSSR count). The van der Waals surface area contributed by atoms with Crippen LogP contribution in [-0.2, 0) is 23.0 Å². The number of amides is 1. The van der Waals surface area contributed by atoms with E-state index in [4.69, 9.17) is 0 Å². The van der Waals surface area contributed by atoms with Gasteiger partial charge in [0.15, 0.2) is 0 Å². The van der Waals surface area contributed by atoms with Gasteiger partial charge in [-0.15, -0.1) is 10.2 Å². The van der Waals surface area contributed by atoms with Gasteiger partial charge in [-0.05, 0) is 24.1 Å². The van der Waals surface area contributed by atoms with Gasteiger partial charge in [0, 0.05) is 34.8 Å². The zero-order chi connectivity index (χ0) is 15.9. The van der Waals surface area contributed by atoms with Crippen molar-refractivity contribution in [3.05, 3.63) is 40.4 Å². The fourth-order valence-electron chi connectivity index (χ4n) is 1.94. The molecule has 1 atom stereocenters. The van der Waals surface area contributed by atoms with Crippen molar-refractivity contribution in [3.63, 3.8) is 0 Å². The van der Waals surface area contributed by atoms with Crippen LogP contribution in [0.1, 0.15) is 40.7 Å². The van der Waals surface area contributed by atoms with Crippen molar-refractivity contribution in [3.8, 4) is 0 Å². The minimum atomic E-state index is -0.928. The van der Waals surface area contributed by atoms with Crippen molar-refractivity contribution in [1.82, 2.24) is 10.2 Å². The van der Waals surface area contributed by atoms with E-state index in [1.165, 1.54) is 11.3 Å². The molecule has 7 heteroatoms. The molecule has 2 aromatic rings. The molecule has 0 aliphatic rings. The van der Waals surface area contributed by atoms with E-state index < -0.39 is 10.8 Å². The molecule has 0 spiro atoms. The quantitative estimate of drug-likeness (QED) is 0.843. The molecule has 0 bridgehead atoms. The van der Waals surface area contributed by atoms with E-state index in [1.54, 1.807) is 24.5 Å². The first kappa shape index (κ1) is 16.8. The van der Waals surface area contributed by atoms with Crippen LogP contribution in [0.25, 0.3) is 0 Å². The van der Waals surface area contributed by atoms with Crippen molar-refractivity contribution < 1.29 is 9.00 Å². The van der Waals surface area contributed by atoms with Crippen molar-refractivity contribution in [2.24, 2.45) is 0 Å². The van der Waals surface area contributed by atoms with E-state index in [2.05, 4.69) is 22.4 Å². The third-order valence-electron chi connectivity index (χ3n) is 2.99. The Kier molecular flexibility index (Phi) is 6.21. The zero-order valence-corrected chi connectivity index (χ0v) is 14.3. The fraction of sp³-hybridized carbons (Fsp3) is 0.400. The second kappa shape index (κ2) is 8.14. The van der Waals surface area contributed by atoms with Crippen molar-refractivity contribution in [2.75, 3.05) is 11.6 Å². The maximum atomic E-state index is 12.2. The Bertz CT molecular complexity index is 670. The van der Waals surface area contributed by atoms with Crippen LogP contribution in [0.3, 0.4) is 0 Å². The Hall–Kier alpha value is -1.60. The Balaban J connectivity index is 2.02. The van der Waals surface area contributed by atoms with Crippen LogP contribution in [0.4, 0.5) is 5.13 Å². The Labute approximate surface area is 136 Å². The van der Waals surface area contributed by atoms with E-state index in [0.717, 1.165) is 29.8 Å². The molecule has 5 nitrogen and oxygen atoms in total. The van der Waals surface area contributed by atoms with E-state index in [1.807, 2.05) is 6.07 Å². The molecule has 0 saturated carbocycles. The number of carbonyl (C=O) groups excluding carboxylic acids is 1. The average Bonchev–Trinajstić information content (AvgIpc) is 2.92. The topological polar surface area (TPSA) is 72.0 Å². The molecule has 1 unspecified atom stereocenters. The molecule has 1 aromatic heterocycles. The van der Waals surface area contributed by atoms with Crippen LogP contribution in [-0.4, -0.2) is 26.6 Å². The molecular formula is C15H19N3O2S2. The van der Waals surface area contributed by atoms with Gasteiger partial charge in [0.25, 0.3) is 5.91 Å². The predicted molar refractivity (Wildman–Crippen MR) is 90.7 cm³/mol. The van der Waals surface area contributed by atoms with Gasteiger partial charge in [-0.2, -0.15) is 0 Å². The normalized spacial score (nSPS) is 12.1. The highest BCUT2D eigenvalue weighted by Crippen LogP contribution is 2.18. The van der Waals surface area contributed by atoms with Gasteiger partial charge in [-0.3, -0.25) is 14.3 Å². The highest BCUT2D eigenvalue weighted by molar-refractivity contribution is 7.83. The molecular weight excluding hydrogens is 318 g/mol. The molecule has 1 heterocycles. The number of anilines is 1. The van der Waals surface area contributed by atoms with Crippen LogP contribution in [0.15, 0.2) is 24.3 Å². The van der Waals surface area contributed by atoms with Crippen LogP contribution < -0.4 is 5.32 Å². The van der Waals surface area contributed by atoms with Gasteiger partial charge in [-0.1, -0.05) is 36.8 Å². The van der Waals surface area contributed by atoms with E-state index in [9.17, 15) is 9.00 Å². The Morgan fingerprint density at radius 3 is 2.91 bits per heavy atom. The summed E-state index contributed by atoms with van der Waals surface area (Å²) in [5, 5.41) is 12.3. The van der Waals surface area contributed by atoms with E-state index in [0.29, 0.717) is 16.4 Å². The summed E-state index contributed by atoms with van der Waals surface area (Å²) in [6.45, 7) is 2.13. The maximum Gasteiger partial charge on any atom is 0.257 e. The van der Waals surface area contributed by atoms with Gasteiger partial charge < -0.3 is 0 Å². The van der Waals surface area contributed by atoms with Gasteiger partial charge in [0.2, 0.25) is 5.13 Å². The van der Waals surface area contributed by atoms with Gasteiger partial charge >= 0.3 is 0 Å². The third-order valence-corrected chi connectivity index (χ3v) is 4.63. The lowest BCUT2D eigenvalue weighted by Gasteiger charge is -2.04. The van der Waals surface area contributed by atoms with E-state index in [-0.39, 0.29) is 5.91 Å². The molecule has 22 heavy (non-hydrogen) atoms. The lowest BCUT2D eigenvalue weighted by molar-refractivity contribution is 0.102. The second-order valence-electron chi connectivity index (χ2n) is 4.98. The number of aryl methyl sites for hydroxylation is 1. The summed E-state index contributed by atoms with van der Waals surface area (Å²) >= 11 is 1.41. The number of carbonyl (C=O) groups is 1. The molecule has 0 aliphatic heterocycles. The summed E-state index contributed by atoms with van der Waals surface area (Å²) in [6, 6.07) is 7.15. The van der Waals surface area contributed by atoms with Crippen molar-refractivity contribution in [2.45, 2.75) is 31.9 Å². The number of nitrogens with one attached hydrogen (secondary N) is 1. The molecule has 0 fully saturated rings. The molecule has 0 aliphatic carbocycles. The number of rotatable bonds is 7. The summed E-state index contributed by atoms with van der Waals surface area (Å²) in [6.07, 6.45) is 4.71. The molecule has 1 amide bonds. The summed E-state index contributed by atoms with van der Waals surface area (Å²) < 4.78 is 11.3. The number of nitrogens with zero attached hydrogens (tertiary/aromatic N) is 2. The molecule has 0 saturated heterocycles. The lowest BCUT2D eigenvalue weighted by atomic mass is 10.1. The first-order chi connectivity index (χ1) is 10.6. The first-order valence-electron chi connectivity index (χ1n) is 7.11. The minimum absolute atomic E-state index is 0.220. The number of hydrogen-bond donors (Lipinski definition) is 1. The summed E-state index contributed by atoms with van der Waals surface area (Å²) in [5.74, 6) is 0.225. The third kappa shape index (κ3) is 4.99. The average molecular weight is 337 g/mol. The highest BCUT2D eigenvalue weighted by Gasteiger charge is 2.11. The first-order valence-corrected chi connectivity index (χ1v) is 9.65. The highest BCUT2D eigenvalue weighted by atomic mass is 32.2. The maximum absolute atomic E-state index is 12.2. The number of unbranched alkanes of at least 4 members (excludes halogenated alkanes) is 1. The predicted octanol–water partition coefficient (Wildman–Crippen LogP) is 3.01. The SMILES string of the molecule is CCCCc1nnc(NC(=O)c2cccc(CS(C)=O)c2)s1. The molecule has 0 radical (unpaired) electrons.